The van der Waals surface area contributed by atoms with Gasteiger partial charge in [-0.15, -0.1) is 0 Å². The van der Waals surface area contributed by atoms with Crippen molar-refractivity contribution in [1.82, 2.24) is 14.5 Å². The first-order valence-electron chi connectivity index (χ1n) is 17.1. The van der Waals surface area contributed by atoms with Crippen LogP contribution in [-0.4, -0.2) is 21.5 Å². The van der Waals surface area contributed by atoms with Gasteiger partial charge in [-0.05, 0) is 59.0 Å². The highest BCUT2D eigenvalue weighted by Gasteiger charge is 2.23. The predicted octanol–water partition coefficient (Wildman–Crippen LogP) is 10.9. The normalized spacial score (nSPS) is 13.3. The van der Waals surface area contributed by atoms with Gasteiger partial charge in [0.1, 0.15) is 5.84 Å². The number of aromatic nitrogens is 2. The Kier molecular flexibility index (Phi) is 6.53. The maximum Gasteiger partial charge on any atom is 0.134 e. The Morgan fingerprint density at radius 1 is 0.500 bits per heavy atom. The molecule has 0 fully saturated rings. The van der Waals surface area contributed by atoms with E-state index in [0.29, 0.717) is 6.54 Å². The summed E-state index contributed by atoms with van der Waals surface area (Å²) in [6.45, 7) is 0.646. The smallest absolute Gasteiger partial charge is 0.134 e. The summed E-state index contributed by atoms with van der Waals surface area (Å²) in [7, 11) is 0. The highest BCUT2D eigenvalue weighted by Crippen LogP contribution is 2.41. The van der Waals surface area contributed by atoms with E-state index in [9.17, 15) is 0 Å². The predicted molar refractivity (Wildman–Crippen MR) is 210 cm³/mol. The standard InChI is InChI=1S/C46H32N4/c1-4-14-31(15-5-1)44-43(30-47-46(48-44)32-16-6-2-7-17-32)50-41-23-13-12-21-37(41)40-28-33(24-25-42(40)50)39-29-34-26-27-49(35-18-8-3-9-19-35)45(34)38-22-11-10-20-36(38)39/h1-29H,30H2,(H,47,48). The zero-order chi connectivity index (χ0) is 33.0. The lowest BCUT2D eigenvalue weighted by Gasteiger charge is -2.24. The van der Waals surface area contributed by atoms with Crippen molar-refractivity contribution in [3.8, 4) is 16.8 Å². The van der Waals surface area contributed by atoms with Crippen LogP contribution in [0.3, 0.4) is 0 Å². The van der Waals surface area contributed by atoms with Crippen molar-refractivity contribution in [3.63, 3.8) is 0 Å². The van der Waals surface area contributed by atoms with Crippen molar-refractivity contribution < 1.29 is 0 Å². The zero-order valence-corrected chi connectivity index (χ0v) is 27.3. The Morgan fingerprint density at radius 2 is 1.14 bits per heavy atom. The minimum atomic E-state index is 0.646. The number of rotatable bonds is 5. The molecule has 0 saturated heterocycles. The third-order valence-corrected chi connectivity index (χ3v) is 9.99. The van der Waals surface area contributed by atoms with Crippen LogP contribution in [0.5, 0.6) is 0 Å². The lowest BCUT2D eigenvalue weighted by atomic mass is 9.95. The zero-order valence-electron chi connectivity index (χ0n) is 27.3. The molecule has 9 aromatic rings. The molecule has 4 heteroatoms. The highest BCUT2D eigenvalue weighted by molar-refractivity contribution is 6.17. The van der Waals surface area contributed by atoms with Crippen LogP contribution >= 0.6 is 0 Å². The molecular weight excluding hydrogens is 609 g/mol. The number of benzene rings is 7. The molecule has 7 aromatic carbocycles. The number of aliphatic imine (C=N–C) groups is 1. The molecule has 0 bridgehead atoms. The topological polar surface area (TPSA) is 34.2 Å². The lowest BCUT2D eigenvalue weighted by molar-refractivity contribution is 0.973. The van der Waals surface area contributed by atoms with Gasteiger partial charge in [-0.25, -0.2) is 4.99 Å². The lowest BCUT2D eigenvalue weighted by Crippen LogP contribution is -2.31. The molecule has 0 radical (unpaired) electrons. The summed E-state index contributed by atoms with van der Waals surface area (Å²) in [5.41, 5.74) is 11.5. The van der Waals surface area contributed by atoms with E-state index in [1.165, 1.54) is 54.6 Å². The summed E-state index contributed by atoms with van der Waals surface area (Å²) in [6.07, 6.45) is 2.19. The fourth-order valence-electron chi connectivity index (χ4n) is 7.72. The van der Waals surface area contributed by atoms with Crippen molar-refractivity contribution in [2.75, 3.05) is 6.54 Å². The van der Waals surface area contributed by atoms with Crippen molar-refractivity contribution in [1.29, 1.82) is 0 Å². The Bertz CT molecular complexity index is 2790. The second-order valence-corrected chi connectivity index (χ2v) is 12.9. The molecule has 0 amide bonds. The molecule has 0 atom stereocenters. The van der Waals surface area contributed by atoms with Crippen LogP contribution in [-0.2, 0) is 0 Å². The number of hydrogen-bond acceptors (Lipinski definition) is 2. The first-order valence-corrected chi connectivity index (χ1v) is 17.1. The van der Waals surface area contributed by atoms with Gasteiger partial charge in [0.15, 0.2) is 0 Å². The summed E-state index contributed by atoms with van der Waals surface area (Å²) < 4.78 is 4.72. The number of para-hydroxylation sites is 2. The Labute approximate surface area is 289 Å². The highest BCUT2D eigenvalue weighted by atomic mass is 15.1. The molecule has 1 aliphatic heterocycles. The average Bonchev–Trinajstić information content (AvgIpc) is 3.78. The van der Waals surface area contributed by atoms with Crippen molar-refractivity contribution in [2.45, 2.75) is 0 Å². The van der Waals surface area contributed by atoms with Crippen LogP contribution < -0.4 is 5.32 Å². The van der Waals surface area contributed by atoms with Gasteiger partial charge in [-0.2, -0.15) is 0 Å². The summed E-state index contributed by atoms with van der Waals surface area (Å²) in [6, 6.07) is 60.7. The molecule has 4 nitrogen and oxygen atoms in total. The molecule has 1 N–H and O–H groups in total. The molecule has 50 heavy (non-hydrogen) atoms. The fraction of sp³-hybridized carbons (Fsp3) is 0.0217. The van der Waals surface area contributed by atoms with Gasteiger partial charge >= 0.3 is 0 Å². The van der Waals surface area contributed by atoms with Crippen LogP contribution in [0.2, 0.25) is 0 Å². The van der Waals surface area contributed by atoms with E-state index in [0.717, 1.165) is 34.0 Å². The average molecular weight is 641 g/mol. The SMILES string of the molecule is c1ccc(C2=NC(c3ccccc3)=C(n3c4ccccc4c4cc(-c5cc6ccn(-c7ccccc7)c6c6ccccc56)ccc43)CN2)cc1. The molecular formula is C46H32N4. The molecule has 236 valence electrons. The van der Waals surface area contributed by atoms with E-state index in [4.69, 9.17) is 4.99 Å². The third kappa shape index (κ3) is 4.50. The number of nitrogens with zero attached hydrogens (tertiary/aromatic N) is 3. The molecule has 2 aromatic heterocycles. The van der Waals surface area contributed by atoms with Gasteiger partial charge in [0.2, 0.25) is 0 Å². The molecule has 0 saturated carbocycles. The van der Waals surface area contributed by atoms with E-state index in [2.05, 4.69) is 184 Å². The first-order chi connectivity index (χ1) is 24.8. The molecule has 0 spiro atoms. The van der Waals surface area contributed by atoms with Gasteiger partial charge in [-0.3, -0.25) is 0 Å². The monoisotopic (exact) mass is 640 g/mol. The quantitative estimate of drug-likeness (QED) is 0.200. The van der Waals surface area contributed by atoms with Crippen LogP contribution in [0, 0.1) is 0 Å². The summed E-state index contributed by atoms with van der Waals surface area (Å²) in [5, 5.41) is 9.82. The summed E-state index contributed by atoms with van der Waals surface area (Å²) in [5.74, 6) is 0.889. The molecule has 0 aliphatic carbocycles. The first kappa shape index (κ1) is 28.4. The van der Waals surface area contributed by atoms with Crippen LogP contribution in [0.1, 0.15) is 11.1 Å². The van der Waals surface area contributed by atoms with E-state index in [-0.39, 0.29) is 0 Å². The number of fused-ring (bicyclic) bond motifs is 6. The minimum Gasteiger partial charge on any atom is -0.364 e. The van der Waals surface area contributed by atoms with Crippen LogP contribution in [0.25, 0.3) is 71.7 Å². The maximum atomic E-state index is 5.29. The maximum absolute atomic E-state index is 5.29. The van der Waals surface area contributed by atoms with Crippen LogP contribution in [0.15, 0.2) is 181 Å². The van der Waals surface area contributed by atoms with E-state index in [1.807, 2.05) is 6.07 Å². The van der Waals surface area contributed by atoms with Crippen molar-refractivity contribution in [3.05, 3.63) is 187 Å². The number of amidine groups is 1. The van der Waals surface area contributed by atoms with Gasteiger partial charge < -0.3 is 14.5 Å². The molecule has 3 heterocycles. The van der Waals surface area contributed by atoms with Gasteiger partial charge in [0, 0.05) is 44.6 Å². The molecule has 10 rings (SSSR count). The minimum absolute atomic E-state index is 0.646. The van der Waals surface area contributed by atoms with Gasteiger partial charge in [-0.1, -0.05) is 127 Å². The van der Waals surface area contributed by atoms with Gasteiger partial charge in [0.25, 0.3) is 0 Å². The van der Waals surface area contributed by atoms with Crippen molar-refractivity contribution >= 4 is 60.7 Å². The van der Waals surface area contributed by atoms with E-state index >= 15 is 0 Å². The summed E-state index contributed by atoms with van der Waals surface area (Å²) in [4.78, 5) is 5.29. The van der Waals surface area contributed by atoms with Gasteiger partial charge in [0.05, 0.1) is 34.5 Å². The Morgan fingerprint density at radius 3 is 1.92 bits per heavy atom. The van der Waals surface area contributed by atoms with Crippen molar-refractivity contribution in [2.24, 2.45) is 4.99 Å². The third-order valence-electron chi connectivity index (χ3n) is 9.99. The number of hydrogen-bond donors (Lipinski definition) is 1. The molecule has 0 unspecified atom stereocenters. The second kappa shape index (κ2) is 11.5. The van der Waals surface area contributed by atoms with Crippen LogP contribution in [0.4, 0.5) is 0 Å². The summed E-state index contributed by atoms with van der Waals surface area (Å²) >= 11 is 0. The largest absolute Gasteiger partial charge is 0.364 e. The number of nitrogens with one attached hydrogen (secondary N) is 1. The van der Waals surface area contributed by atoms with E-state index in [1.54, 1.807) is 0 Å². The Balaban J connectivity index is 1.20. The molecule has 1 aliphatic rings. The fourth-order valence-corrected chi connectivity index (χ4v) is 7.72. The second-order valence-electron chi connectivity index (χ2n) is 12.9. The van der Waals surface area contributed by atoms with E-state index < -0.39 is 0 Å². The Hall–Kier alpha value is -6.65.